The zero-order chi connectivity index (χ0) is 19.1. The SMILES string of the molecule is CCc1nnc(SCC(=O)Nc2cc(C(=O)OC)cc(C(=O)OC)c2)o1. The summed E-state index contributed by atoms with van der Waals surface area (Å²) in [4.78, 5) is 35.6. The van der Waals surface area contributed by atoms with Crippen molar-refractivity contribution < 1.29 is 28.3 Å². The van der Waals surface area contributed by atoms with E-state index in [1.165, 1.54) is 32.4 Å². The van der Waals surface area contributed by atoms with Crippen molar-refractivity contribution in [1.82, 2.24) is 10.2 Å². The molecule has 10 heteroatoms. The number of rotatable bonds is 7. The highest BCUT2D eigenvalue weighted by Crippen LogP contribution is 2.19. The highest BCUT2D eigenvalue weighted by molar-refractivity contribution is 7.99. The van der Waals surface area contributed by atoms with E-state index in [0.29, 0.717) is 12.3 Å². The van der Waals surface area contributed by atoms with Gasteiger partial charge in [-0.3, -0.25) is 4.79 Å². The van der Waals surface area contributed by atoms with Crippen LogP contribution < -0.4 is 5.32 Å². The molecule has 1 aromatic heterocycles. The molecule has 2 aromatic rings. The third kappa shape index (κ3) is 5.06. The van der Waals surface area contributed by atoms with Gasteiger partial charge >= 0.3 is 11.9 Å². The lowest BCUT2D eigenvalue weighted by Crippen LogP contribution is -2.16. The number of esters is 2. The molecule has 1 heterocycles. The van der Waals surface area contributed by atoms with Crippen molar-refractivity contribution in [1.29, 1.82) is 0 Å². The molecule has 0 saturated carbocycles. The van der Waals surface area contributed by atoms with Gasteiger partial charge in [0.15, 0.2) is 0 Å². The number of amides is 1. The first-order valence-electron chi connectivity index (χ1n) is 7.53. The Kier molecular flexibility index (Phi) is 6.73. The topological polar surface area (TPSA) is 121 Å². The van der Waals surface area contributed by atoms with Crippen molar-refractivity contribution in [2.24, 2.45) is 0 Å². The number of anilines is 1. The van der Waals surface area contributed by atoms with E-state index in [4.69, 9.17) is 4.42 Å². The molecule has 0 atom stereocenters. The van der Waals surface area contributed by atoms with Crippen molar-refractivity contribution in [2.75, 3.05) is 25.3 Å². The predicted octanol–water partition coefficient (Wildman–Crippen LogP) is 1.94. The van der Waals surface area contributed by atoms with Crippen LogP contribution in [0.3, 0.4) is 0 Å². The number of carbonyl (C=O) groups is 3. The lowest BCUT2D eigenvalue weighted by atomic mass is 10.1. The molecule has 1 N–H and O–H groups in total. The zero-order valence-corrected chi connectivity index (χ0v) is 15.2. The van der Waals surface area contributed by atoms with Crippen LogP contribution >= 0.6 is 11.8 Å². The van der Waals surface area contributed by atoms with Gasteiger partial charge in [0.25, 0.3) is 5.22 Å². The Morgan fingerprint density at radius 1 is 1.08 bits per heavy atom. The number of thioether (sulfide) groups is 1. The second-order valence-electron chi connectivity index (χ2n) is 4.93. The Labute approximate surface area is 153 Å². The van der Waals surface area contributed by atoms with E-state index in [9.17, 15) is 14.4 Å². The summed E-state index contributed by atoms with van der Waals surface area (Å²) in [6, 6.07) is 4.14. The van der Waals surface area contributed by atoms with E-state index < -0.39 is 11.9 Å². The average molecular weight is 379 g/mol. The third-order valence-electron chi connectivity index (χ3n) is 3.14. The van der Waals surface area contributed by atoms with Crippen molar-refractivity contribution in [2.45, 2.75) is 18.6 Å². The van der Waals surface area contributed by atoms with E-state index in [1.807, 2.05) is 6.92 Å². The Balaban J connectivity index is 2.09. The van der Waals surface area contributed by atoms with Crippen LogP contribution in [0.1, 0.15) is 33.5 Å². The first kappa shape index (κ1) is 19.4. The molecule has 0 aliphatic heterocycles. The van der Waals surface area contributed by atoms with E-state index in [-0.39, 0.29) is 33.7 Å². The summed E-state index contributed by atoms with van der Waals surface area (Å²) in [5.41, 5.74) is 0.490. The van der Waals surface area contributed by atoms with Crippen LogP contribution in [0.2, 0.25) is 0 Å². The quantitative estimate of drug-likeness (QED) is 0.568. The van der Waals surface area contributed by atoms with Crippen molar-refractivity contribution in [3.05, 3.63) is 35.2 Å². The summed E-state index contributed by atoms with van der Waals surface area (Å²) >= 11 is 1.08. The molecule has 2 rings (SSSR count). The molecule has 26 heavy (non-hydrogen) atoms. The van der Waals surface area contributed by atoms with Gasteiger partial charge in [-0.2, -0.15) is 0 Å². The Morgan fingerprint density at radius 3 is 2.19 bits per heavy atom. The molecule has 0 aliphatic rings. The minimum atomic E-state index is -0.640. The number of aromatic nitrogens is 2. The minimum Gasteiger partial charge on any atom is -0.465 e. The molecule has 1 aromatic carbocycles. The minimum absolute atomic E-state index is 0.0152. The van der Waals surface area contributed by atoms with Crippen LogP contribution in [0.25, 0.3) is 0 Å². The predicted molar refractivity (Wildman–Crippen MR) is 92.2 cm³/mol. The van der Waals surface area contributed by atoms with E-state index in [1.54, 1.807) is 0 Å². The summed E-state index contributed by atoms with van der Waals surface area (Å²) in [6.07, 6.45) is 0.608. The van der Waals surface area contributed by atoms with Crippen molar-refractivity contribution >= 4 is 35.3 Å². The first-order chi connectivity index (χ1) is 12.5. The number of nitrogens with one attached hydrogen (secondary N) is 1. The molecular formula is C16H17N3O6S. The summed E-state index contributed by atoms with van der Waals surface area (Å²) in [5, 5.41) is 10.5. The lowest BCUT2D eigenvalue weighted by Gasteiger charge is -2.09. The standard InChI is InChI=1S/C16H17N3O6S/c1-4-13-18-19-16(25-13)26-8-12(20)17-11-6-9(14(21)23-2)5-10(7-11)15(22)24-3/h5-7H,4,8H2,1-3H3,(H,17,20). The highest BCUT2D eigenvalue weighted by atomic mass is 32.2. The van der Waals surface area contributed by atoms with Gasteiger partial charge in [-0.1, -0.05) is 18.7 Å². The zero-order valence-electron chi connectivity index (χ0n) is 14.4. The maximum Gasteiger partial charge on any atom is 0.337 e. The smallest absolute Gasteiger partial charge is 0.337 e. The molecule has 0 bridgehead atoms. The van der Waals surface area contributed by atoms with Crippen LogP contribution in [0.4, 0.5) is 5.69 Å². The normalized spacial score (nSPS) is 10.3. The Bertz CT molecular complexity index is 786. The number of methoxy groups -OCH3 is 2. The molecule has 0 unspecified atom stereocenters. The van der Waals surface area contributed by atoms with Crippen LogP contribution in [-0.4, -0.2) is 48.0 Å². The molecule has 0 spiro atoms. The summed E-state index contributed by atoms with van der Waals surface area (Å²) < 4.78 is 14.6. The van der Waals surface area contributed by atoms with Crippen LogP contribution in [0.5, 0.6) is 0 Å². The molecule has 9 nitrogen and oxygen atoms in total. The van der Waals surface area contributed by atoms with Gasteiger partial charge in [-0.15, -0.1) is 10.2 Å². The second-order valence-corrected chi connectivity index (χ2v) is 5.86. The van der Waals surface area contributed by atoms with Gasteiger partial charge in [-0.05, 0) is 18.2 Å². The number of hydrogen-bond acceptors (Lipinski definition) is 9. The fourth-order valence-corrected chi connectivity index (χ4v) is 2.52. The maximum atomic E-state index is 12.1. The molecule has 0 aliphatic carbocycles. The van der Waals surface area contributed by atoms with Gasteiger partial charge in [0.2, 0.25) is 11.8 Å². The number of hydrogen-bond donors (Lipinski definition) is 1. The summed E-state index contributed by atoms with van der Waals surface area (Å²) in [5.74, 6) is -1.15. The Morgan fingerprint density at radius 2 is 1.69 bits per heavy atom. The van der Waals surface area contributed by atoms with Crippen LogP contribution in [0.15, 0.2) is 27.8 Å². The van der Waals surface area contributed by atoms with Gasteiger partial charge in [0.05, 0.1) is 31.1 Å². The third-order valence-corrected chi connectivity index (χ3v) is 3.95. The van der Waals surface area contributed by atoms with Crippen molar-refractivity contribution in [3.8, 4) is 0 Å². The molecule has 0 radical (unpaired) electrons. The van der Waals surface area contributed by atoms with E-state index in [2.05, 4.69) is 25.0 Å². The first-order valence-corrected chi connectivity index (χ1v) is 8.52. The van der Waals surface area contributed by atoms with Crippen LogP contribution in [0, 0.1) is 0 Å². The van der Waals surface area contributed by atoms with E-state index >= 15 is 0 Å². The second kappa shape index (κ2) is 8.99. The maximum absolute atomic E-state index is 12.1. The molecule has 0 fully saturated rings. The highest BCUT2D eigenvalue weighted by Gasteiger charge is 2.15. The fourth-order valence-electron chi connectivity index (χ4n) is 1.93. The molecule has 138 valence electrons. The van der Waals surface area contributed by atoms with Gasteiger partial charge in [0.1, 0.15) is 0 Å². The monoisotopic (exact) mass is 379 g/mol. The van der Waals surface area contributed by atoms with Gasteiger partial charge in [-0.25, -0.2) is 9.59 Å². The molecular weight excluding hydrogens is 362 g/mol. The number of ether oxygens (including phenoxy) is 2. The van der Waals surface area contributed by atoms with Gasteiger partial charge < -0.3 is 19.2 Å². The number of carbonyl (C=O) groups excluding carboxylic acids is 3. The number of aryl methyl sites for hydroxylation is 1. The average Bonchev–Trinajstić information content (AvgIpc) is 3.12. The summed E-state index contributed by atoms with van der Waals surface area (Å²) in [7, 11) is 2.44. The number of benzene rings is 1. The largest absolute Gasteiger partial charge is 0.465 e. The van der Waals surface area contributed by atoms with E-state index in [0.717, 1.165) is 11.8 Å². The molecule has 1 amide bonds. The fraction of sp³-hybridized carbons (Fsp3) is 0.312. The van der Waals surface area contributed by atoms with Gasteiger partial charge in [0, 0.05) is 12.1 Å². The Hall–Kier alpha value is -2.88. The number of nitrogens with zero attached hydrogens (tertiary/aromatic N) is 2. The van der Waals surface area contributed by atoms with Crippen molar-refractivity contribution in [3.63, 3.8) is 0 Å². The lowest BCUT2D eigenvalue weighted by molar-refractivity contribution is -0.113. The summed E-state index contributed by atoms with van der Waals surface area (Å²) in [6.45, 7) is 1.88. The molecule has 0 saturated heterocycles. The van der Waals surface area contributed by atoms with Crippen LogP contribution in [-0.2, 0) is 20.7 Å².